The molecule has 0 bridgehead atoms. The third-order valence-corrected chi connectivity index (χ3v) is 3.63. The minimum atomic E-state index is -0.421. The van der Waals surface area contributed by atoms with E-state index in [1.54, 1.807) is 7.05 Å². The van der Waals surface area contributed by atoms with Crippen LogP contribution in [-0.2, 0) is 4.79 Å². The largest absolute Gasteiger partial charge is 0.342 e. The zero-order chi connectivity index (χ0) is 12.0. The van der Waals surface area contributed by atoms with E-state index in [1.807, 2.05) is 0 Å². The lowest BCUT2D eigenvalue weighted by Gasteiger charge is -2.43. The topological polar surface area (TPSA) is 53.5 Å². The second-order valence-corrected chi connectivity index (χ2v) is 6.09. The molecule has 90 valence electrons. The normalized spacial score (nSPS) is 39.9. The number of guanidine groups is 1. The van der Waals surface area contributed by atoms with Crippen molar-refractivity contribution < 1.29 is 4.79 Å². The van der Waals surface area contributed by atoms with Crippen molar-refractivity contribution in [2.45, 2.75) is 45.6 Å². The van der Waals surface area contributed by atoms with Gasteiger partial charge in [-0.05, 0) is 30.6 Å². The maximum absolute atomic E-state index is 12.1. The smallest absolute Gasteiger partial charge is 0.252 e. The van der Waals surface area contributed by atoms with Crippen molar-refractivity contribution >= 4 is 11.9 Å². The van der Waals surface area contributed by atoms with Crippen molar-refractivity contribution in [2.75, 3.05) is 7.05 Å². The lowest BCUT2D eigenvalue weighted by Crippen LogP contribution is -2.54. The predicted octanol–water partition coefficient (Wildman–Crippen LogP) is 1.28. The predicted molar refractivity (Wildman–Crippen MR) is 64.2 cm³/mol. The van der Waals surface area contributed by atoms with Gasteiger partial charge in [0.1, 0.15) is 5.54 Å². The Morgan fingerprint density at radius 3 is 2.56 bits per heavy atom. The lowest BCUT2D eigenvalue weighted by atomic mass is 9.64. The first-order valence-corrected chi connectivity index (χ1v) is 5.93. The fourth-order valence-corrected chi connectivity index (χ4v) is 3.49. The number of aliphatic imine (C=N–C) groups is 1. The molecule has 1 spiro atoms. The highest BCUT2D eigenvalue weighted by molar-refractivity contribution is 6.09. The average molecular weight is 223 g/mol. The molecule has 2 aliphatic rings. The summed E-state index contributed by atoms with van der Waals surface area (Å²) in [5.41, 5.74) is -0.207. The van der Waals surface area contributed by atoms with Gasteiger partial charge in [-0.2, -0.15) is 0 Å². The van der Waals surface area contributed by atoms with E-state index in [9.17, 15) is 4.79 Å². The van der Waals surface area contributed by atoms with Gasteiger partial charge >= 0.3 is 0 Å². The van der Waals surface area contributed by atoms with Gasteiger partial charge in [0.15, 0.2) is 5.96 Å². The number of hydrogen-bond acceptors (Lipinski definition) is 2. The van der Waals surface area contributed by atoms with Gasteiger partial charge in [0, 0.05) is 7.05 Å². The molecule has 0 aromatic carbocycles. The molecule has 1 amide bonds. The van der Waals surface area contributed by atoms with Gasteiger partial charge in [0.25, 0.3) is 5.91 Å². The summed E-state index contributed by atoms with van der Waals surface area (Å²) < 4.78 is 0. The van der Waals surface area contributed by atoms with Gasteiger partial charge in [-0.3, -0.25) is 15.1 Å². The number of amides is 1. The van der Waals surface area contributed by atoms with Gasteiger partial charge in [-0.15, -0.1) is 0 Å². The van der Waals surface area contributed by atoms with Crippen molar-refractivity contribution in [2.24, 2.45) is 16.3 Å². The van der Waals surface area contributed by atoms with E-state index in [0.717, 1.165) is 12.8 Å². The van der Waals surface area contributed by atoms with Gasteiger partial charge < -0.3 is 5.32 Å². The minimum Gasteiger partial charge on any atom is -0.342 e. The number of rotatable bonds is 0. The second kappa shape index (κ2) is 3.47. The van der Waals surface area contributed by atoms with Gasteiger partial charge in [-0.25, -0.2) is 0 Å². The highest BCUT2D eigenvalue weighted by Gasteiger charge is 2.51. The number of nitrogens with zero attached hydrogens (tertiary/aromatic N) is 1. The number of nitrogens with one attached hydrogen (secondary N) is 2. The summed E-state index contributed by atoms with van der Waals surface area (Å²) >= 11 is 0. The van der Waals surface area contributed by atoms with Crippen LogP contribution in [-0.4, -0.2) is 24.5 Å². The standard InChI is InChI=1S/C12H21N3O/c1-8-5-11(2,3)7-12(6-8)9(16)14-10(13-4)15-12/h8H,5-7H2,1-4H3,(H2,13,14,15,16). The second-order valence-electron chi connectivity index (χ2n) is 6.09. The molecule has 1 aliphatic heterocycles. The van der Waals surface area contributed by atoms with E-state index in [1.165, 1.54) is 6.42 Å². The van der Waals surface area contributed by atoms with Crippen LogP contribution in [0.25, 0.3) is 0 Å². The molecule has 2 fully saturated rings. The maximum Gasteiger partial charge on any atom is 0.252 e. The van der Waals surface area contributed by atoms with Gasteiger partial charge in [0.2, 0.25) is 0 Å². The lowest BCUT2D eigenvalue weighted by molar-refractivity contribution is -0.127. The number of carbonyl (C=O) groups is 1. The molecule has 1 saturated carbocycles. The molecule has 4 heteroatoms. The molecular formula is C12H21N3O. The molecule has 1 heterocycles. The van der Waals surface area contributed by atoms with E-state index in [0.29, 0.717) is 11.9 Å². The highest BCUT2D eigenvalue weighted by atomic mass is 16.2. The minimum absolute atomic E-state index is 0.0905. The molecule has 4 nitrogen and oxygen atoms in total. The van der Waals surface area contributed by atoms with Crippen LogP contribution in [0.2, 0.25) is 0 Å². The van der Waals surface area contributed by atoms with Crippen LogP contribution in [0.1, 0.15) is 40.0 Å². The Kier molecular flexibility index (Phi) is 2.48. The fraction of sp³-hybridized carbons (Fsp3) is 0.833. The fourth-order valence-electron chi connectivity index (χ4n) is 3.49. The Bertz CT molecular complexity index is 348. The van der Waals surface area contributed by atoms with Crippen molar-refractivity contribution in [1.82, 2.24) is 10.6 Å². The number of hydrogen-bond donors (Lipinski definition) is 2. The molecule has 0 aromatic rings. The van der Waals surface area contributed by atoms with Crippen LogP contribution in [0.3, 0.4) is 0 Å². The van der Waals surface area contributed by atoms with Crippen LogP contribution >= 0.6 is 0 Å². The summed E-state index contributed by atoms with van der Waals surface area (Å²) in [4.78, 5) is 16.1. The van der Waals surface area contributed by atoms with E-state index in [4.69, 9.17) is 0 Å². The first-order chi connectivity index (χ1) is 7.37. The molecule has 2 atom stereocenters. The molecular weight excluding hydrogens is 202 g/mol. The quantitative estimate of drug-likeness (QED) is 0.650. The van der Waals surface area contributed by atoms with Crippen molar-refractivity contribution in [3.05, 3.63) is 0 Å². The van der Waals surface area contributed by atoms with Gasteiger partial charge in [0.05, 0.1) is 0 Å². The maximum atomic E-state index is 12.1. The first kappa shape index (κ1) is 11.4. The molecule has 0 radical (unpaired) electrons. The van der Waals surface area contributed by atoms with Crippen LogP contribution in [0, 0.1) is 11.3 Å². The van der Waals surface area contributed by atoms with E-state index >= 15 is 0 Å². The molecule has 1 saturated heterocycles. The SMILES string of the molecule is CN=C1NC(=O)C2(CC(C)CC(C)(C)C2)N1. The molecule has 2 unspecified atom stereocenters. The Morgan fingerprint density at radius 2 is 2.06 bits per heavy atom. The van der Waals surface area contributed by atoms with Crippen molar-refractivity contribution in [3.8, 4) is 0 Å². The molecule has 2 rings (SSSR count). The Hall–Kier alpha value is -1.06. The monoisotopic (exact) mass is 223 g/mol. The van der Waals surface area contributed by atoms with Crippen LogP contribution in [0.5, 0.6) is 0 Å². The molecule has 2 N–H and O–H groups in total. The van der Waals surface area contributed by atoms with Crippen molar-refractivity contribution in [3.63, 3.8) is 0 Å². The van der Waals surface area contributed by atoms with E-state index in [2.05, 4.69) is 36.4 Å². The van der Waals surface area contributed by atoms with E-state index < -0.39 is 5.54 Å². The third-order valence-electron chi connectivity index (χ3n) is 3.63. The van der Waals surface area contributed by atoms with Gasteiger partial charge in [-0.1, -0.05) is 20.8 Å². The Balaban J connectivity index is 2.28. The van der Waals surface area contributed by atoms with E-state index in [-0.39, 0.29) is 11.3 Å². The van der Waals surface area contributed by atoms with Crippen LogP contribution in [0.4, 0.5) is 0 Å². The summed E-state index contributed by atoms with van der Waals surface area (Å²) in [6, 6.07) is 0. The van der Waals surface area contributed by atoms with Crippen molar-refractivity contribution in [1.29, 1.82) is 0 Å². The highest BCUT2D eigenvalue weighted by Crippen LogP contribution is 2.44. The Morgan fingerprint density at radius 1 is 1.38 bits per heavy atom. The summed E-state index contributed by atoms with van der Waals surface area (Å²) in [5, 5.41) is 6.10. The Labute approximate surface area is 96.9 Å². The molecule has 16 heavy (non-hydrogen) atoms. The van der Waals surface area contributed by atoms with Crippen LogP contribution in [0.15, 0.2) is 4.99 Å². The summed E-state index contributed by atoms with van der Waals surface area (Å²) in [6.45, 7) is 6.69. The zero-order valence-corrected chi connectivity index (χ0v) is 10.6. The average Bonchev–Trinajstić information content (AvgIpc) is 2.39. The number of carbonyl (C=O) groups excluding carboxylic acids is 1. The molecule has 0 aromatic heterocycles. The zero-order valence-electron chi connectivity index (χ0n) is 10.6. The molecule has 1 aliphatic carbocycles. The summed E-state index contributed by atoms with van der Waals surface area (Å²) in [5.74, 6) is 1.28. The third kappa shape index (κ3) is 1.81. The summed E-state index contributed by atoms with van der Waals surface area (Å²) in [6.07, 6.45) is 2.97. The first-order valence-electron chi connectivity index (χ1n) is 5.93. The summed E-state index contributed by atoms with van der Waals surface area (Å²) in [7, 11) is 1.69. The van der Waals surface area contributed by atoms with Crippen LogP contribution < -0.4 is 10.6 Å².